The number of aryl methyl sites for hydroxylation is 1. The van der Waals surface area contributed by atoms with E-state index in [9.17, 15) is 8.42 Å². The SMILES string of the molecule is Cc1ccc(S(=O)(=O)N2CCN(Cc3ccccc3)CC[C@H]2C2CCCCCC2)cc1. The van der Waals surface area contributed by atoms with Crippen LogP contribution in [0.25, 0.3) is 0 Å². The molecule has 31 heavy (non-hydrogen) atoms. The summed E-state index contributed by atoms with van der Waals surface area (Å²) in [5.74, 6) is 0.472. The first-order chi connectivity index (χ1) is 15.0. The number of hydrogen-bond donors (Lipinski definition) is 0. The lowest BCUT2D eigenvalue weighted by molar-refractivity contribution is 0.222. The summed E-state index contributed by atoms with van der Waals surface area (Å²) in [6.45, 7) is 5.19. The highest BCUT2D eigenvalue weighted by Crippen LogP contribution is 2.34. The Balaban J connectivity index is 1.59. The van der Waals surface area contributed by atoms with Crippen molar-refractivity contribution < 1.29 is 8.42 Å². The van der Waals surface area contributed by atoms with Gasteiger partial charge in [-0.1, -0.05) is 73.7 Å². The first-order valence-electron chi connectivity index (χ1n) is 11.9. The fourth-order valence-electron chi connectivity index (χ4n) is 5.29. The second-order valence-corrected chi connectivity index (χ2v) is 11.2. The number of nitrogens with zero attached hydrogens (tertiary/aromatic N) is 2. The first-order valence-corrected chi connectivity index (χ1v) is 13.3. The smallest absolute Gasteiger partial charge is 0.243 e. The molecule has 0 spiro atoms. The fraction of sp³-hybridized carbons (Fsp3) is 0.538. The van der Waals surface area contributed by atoms with Gasteiger partial charge in [-0.05, 0) is 49.8 Å². The molecule has 1 heterocycles. The Kier molecular flexibility index (Phi) is 7.47. The minimum atomic E-state index is -3.50. The Morgan fingerprint density at radius 3 is 2.16 bits per heavy atom. The van der Waals surface area contributed by atoms with Gasteiger partial charge in [0.15, 0.2) is 0 Å². The monoisotopic (exact) mass is 440 g/mol. The highest BCUT2D eigenvalue weighted by molar-refractivity contribution is 7.89. The summed E-state index contributed by atoms with van der Waals surface area (Å²) in [5, 5.41) is 0. The van der Waals surface area contributed by atoms with Gasteiger partial charge in [0.25, 0.3) is 0 Å². The summed E-state index contributed by atoms with van der Waals surface area (Å²) < 4.78 is 29.4. The Labute approximate surface area is 188 Å². The Bertz CT molecular complexity index is 920. The lowest BCUT2D eigenvalue weighted by Gasteiger charge is -2.34. The Hall–Kier alpha value is -1.69. The van der Waals surface area contributed by atoms with Crippen LogP contribution in [0.3, 0.4) is 0 Å². The van der Waals surface area contributed by atoms with Crippen molar-refractivity contribution in [2.24, 2.45) is 5.92 Å². The lowest BCUT2D eigenvalue weighted by Crippen LogP contribution is -2.45. The van der Waals surface area contributed by atoms with Crippen molar-refractivity contribution >= 4 is 10.0 Å². The van der Waals surface area contributed by atoms with Gasteiger partial charge in [-0.2, -0.15) is 4.31 Å². The van der Waals surface area contributed by atoms with Crippen LogP contribution in [0.1, 0.15) is 56.1 Å². The largest absolute Gasteiger partial charge is 0.298 e. The maximum absolute atomic E-state index is 13.8. The van der Waals surface area contributed by atoms with E-state index in [0.717, 1.165) is 44.5 Å². The molecular weight excluding hydrogens is 404 g/mol. The van der Waals surface area contributed by atoms with E-state index in [4.69, 9.17) is 0 Å². The summed E-state index contributed by atoms with van der Waals surface area (Å²) in [7, 11) is -3.50. The van der Waals surface area contributed by atoms with Crippen molar-refractivity contribution in [3.05, 3.63) is 65.7 Å². The zero-order chi connectivity index (χ0) is 21.7. The van der Waals surface area contributed by atoms with E-state index < -0.39 is 10.0 Å². The van der Waals surface area contributed by atoms with Crippen LogP contribution >= 0.6 is 0 Å². The minimum Gasteiger partial charge on any atom is -0.298 e. The van der Waals surface area contributed by atoms with Gasteiger partial charge >= 0.3 is 0 Å². The zero-order valence-corrected chi connectivity index (χ0v) is 19.6. The molecule has 1 saturated heterocycles. The molecule has 0 amide bonds. The van der Waals surface area contributed by atoms with Crippen LogP contribution in [0.4, 0.5) is 0 Å². The van der Waals surface area contributed by atoms with Crippen molar-refractivity contribution in [2.45, 2.75) is 69.4 Å². The van der Waals surface area contributed by atoms with Gasteiger partial charge in [0, 0.05) is 32.2 Å². The fourth-order valence-corrected chi connectivity index (χ4v) is 6.99. The predicted molar refractivity (Wildman–Crippen MR) is 126 cm³/mol. The number of rotatable bonds is 5. The molecule has 2 aromatic carbocycles. The van der Waals surface area contributed by atoms with E-state index >= 15 is 0 Å². The van der Waals surface area contributed by atoms with E-state index in [1.807, 2.05) is 29.4 Å². The maximum Gasteiger partial charge on any atom is 0.243 e. The summed E-state index contributed by atoms with van der Waals surface area (Å²) in [6.07, 6.45) is 8.26. The van der Waals surface area contributed by atoms with Crippen molar-refractivity contribution in [1.82, 2.24) is 9.21 Å². The van der Waals surface area contributed by atoms with Crippen LogP contribution in [0.5, 0.6) is 0 Å². The van der Waals surface area contributed by atoms with Crippen molar-refractivity contribution in [2.75, 3.05) is 19.6 Å². The third-order valence-corrected chi connectivity index (χ3v) is 9.01. The predicted octanol–water partition coefficient (Wildman–Crippen LogP) is 5.23. The standard InChI is InChI=1S/C26H36N2O2S/c1-22-13-15-25(16-14-22)31(29,30)28-20-19-27(21-23-9-5-4-6-10-23)18-17-26(28)24-11-7-2-3-8-12-24/h4-6,9-10,13-16,24,26H,2-3,7-8,11-12,17-21H2,1H3/t26-/m0/s1. The summed E-state index contributed by atoms with van der Waals surface area (Å²) in [5.41, 5.74) is 2.38. The average Bonchev–Trinajstić information content (AvgIpc) is 3.16. The van der Waals surface area contributed by atoms with Crippen LogP contribution in [-0.2, 0) is 16.6 Å². The molecule has 1 atom stereocenters. The normalized spacial score (nSPS) is 22.7. The van der Waals surface area contributed by atoms with Crippen LogP contribution in [0.15, 0.2) is 59.5 Å². The summed E-state index contributed by atoms with van der Waals surface area (Å²) in [6, 6.07) is 18.0. The van der Waals surface area contributed by atoms with Crippen LogP contribution in [0.2, 0.25) is 0 Å². The third kappa shape index (κ3) is 5.57. The lowest BCUT2D eigenvalue weighted by atomic mass is 9.90. The van der Waals surface area contributed by atoms with Gasteiger partial charge in [0.2, 0.25) is 10.0 Å². The molecule has 2 aromatic rings. The van der Waals surface area contributed by atoms with Gasteiger partial charge in [-0.25, -0.2) is 8.42 Å². The van der Waals surface area contributed by atoms with Gasteiger partial charge in [0.05, 0.1) is 4.90 Å². The van der Waals surface area contributed by atoms with Gasteiger partial charge in [0.1, 0.15) is 0 Å². The highest BCUT2D eigenvalue weighted by atomic mass is 32.2. The van der Waals surface area contributed by atoms with Crippen LogP contribution < -0.4 is 0 Å². The average molecular weight is 441 g/mol. The molecule has 2 aliphatic rings. The number of hydrogen-bond acceptors (Lipinski definition) is 3. The van der Waals surface area contributed by atoms with Crippen molar-refractivity contribution in [3.8, 4) is 0 Å². The Morgan fingerprint density at radius 2 is 1.48 bits per heavy atom. The molecule has 0 aromatic heterocycles. The first kappa shape index (κ1) is 22.5. The number of sulfonamides is 1. The highest BCUT2D eigenvalue weighted by Gasteiger charge is 2.38. The van der Waals surface area contributed by atoms with E-state index in [2.05, 4.69) is 29.2 Å². The summed E-state index contributed by atoms with van der Waals surface area (Å²) in [4.78, 5) is 2.87. The van der Waals surface area contributed by atoms with Gasteiger partial charge in [-0.3, -0.25) is 4.90 Å². The molecule has 1 saturated carbocycles. The zero-order valence-electron chi connectivity index (χ0n) is 18.7. The molecule has 0 radical (unpaired) electrons. The molecule has 168 valence electrons. The topological polar surface area (TPSA) is 40.6 Å². The van der Waals surface area contributed by atoms with Gasteiger partial charge in [-0.15, -0.1) is 0 Å². The molecule has 0 N–H and O–H groups in total. The second kappa shape index (κ2) is 10.3. The molecule has 1 aliphatic heterocycles. The maximum atomic E-state index is 13.8. The number of benzene rings is 2. The second-order valence-electron chi connectivity index (χ2n) is 9.30. The molecule has 2 fully saturated rings. The van der Waals surface area contributed by atoms with Crippen LogP contribution in [0, 0.1) is 12.8 Å². The molecule has 4 nitrogen and oxygen atoms in total. The van der Waals surface area contributed by atoms with Crippen LogP contribution in [-0.4, -0.2) is 43.3 Å². The molecule has 5 heteroatoms. The molecule has 1 aliphatic carbocycles. The Morgan fingerprint density at radius 1 is 0.806 bits per heavy atom. The minimum absolute atomic E-state index is 0.102. The summed E-state index contributed by atoms with van der Waals surface area (Å²) >= 11 is 0. The molecule has 4 rings (SSSR count). The quantitative estimate of drug-likeness (QED) is 0.598. The van der Waals surface area contributed by atoms with Crippen molar-refractivity contribution in [1.29, 1.82) is 0 Å². The van der Waals surface area contributed by atoms with Gasteiger partial charge < -0.3 is 0 Å². The molecule has 0 bridgehead atoms. The third-order valence-electron chi connectivity index (χ3n) is 7.07. The van der Waals surface area contributed by atoms with E-state index in [-0.39, 0.29) is 6.04 Å². The molecular formula is C26H36N2O2S. The van der Waals surface area contributed by atoms with E-state index in [1.165, 1.54) is 31.2 Å². The van der Waals surface area contributed by atoms with E-state index in [1.54, 1.807) is 12.1 Å². The van der Waals surface area contributed by atoms with E-state index in [0.29, 0.717) is 17.4 Å². The van der Waals surface area contributed by atoms with Crippen molar-refractivity contribution in [3.63, 3.8) is 0 Å². The molecule has 0 unspecified atom stereocenters.